The van der Waals surface area contributed by atoms with Crippen LogP contribution in [0.3, 0.4) is 0 Å². The van der Waals surface area contributed by atoms with E-state index in [1.54, 1.807) is 66.7 Å². The number of rotatable bonds is 6. The molecule has 1 saturated carbocycles. The molecule has 8 rings (SSSR count). The van der Waals surface area contributed by atoms with Gasteiger partial charge in [-0.3, -0.25) is 24.1 Å². The molecule has 9 heteroatoms. The second-order valence-corrected chi connectivity index (χ2v) is 13.9. The van der Waals surface area contributed by atoms with Crippen LogP contribution < -0.4 is 4.90 Å². The number of hydrogen-bond acceptors (Lipinski definition) is 6. The van der Waals surface area contributed by atoms with E-state index in [1.807, 2.05) is 42.5 Å². The number of aromatic hydroxyl groups is 2. The lowest BCUT2D eigenvalue weighted by Gasteiger charge is -2.50. The van der Waals surface area contributed by atoms with Gasteiger partial charge in [0.1, 0.15) is 11.5 Å². The number of carbonyl (C=O) groups excluding carboxylic acids is 4. The maximum absolute atomic E-state index is 15.2. The fourth-order valence-electron chi connectivity index (χ4n) is 9.01. The molecule has 246 valence electrons. The molecular formula is C40H33ClN2O6. The predicted octanol–water partition coefficient (Wildman–Crippen LogP) is 6.16. The molecule has 4 aromatic carbocycles. The molecule has 2 aliphatic heterocycles. The molecule has 2 aliphatic carbocycles. The maximum atomic E-state index is 15.2. The number of phenolic OH excluding ortho intramolecular Hbond substituents is 2. The van der Waals surface area contributed by atoms with Crippen molar-refractivity contribution in [3.63, 3.8) is 0 Å². The Balaban J connectivity index is 1.27. The fourth-order valence-corrected chi connectivity index (χ4v) is 9.20. The molecule has 4 amide bonds. The molecular weight excluding hydrogens is 640 g/mol. The Morgan fingerprint density at radius 1 is 0.755 bits per heavy atom. The van der Waals surface area contributed by atoms with Gasteiger partial charge in [-0.05, 0) is 84.3 Å². The van der Waals surface area contributed by atoms with Gasteiger partial charge in [0.25, 0.3) is 0 Å². The smallest absolute Gasteiger partial charge is 0.246 e. The summed E-state index contributed by atoms with van der Waals surface area (Å²) >= 11 is 6.37. The third-order valence-corrected chi connectivity index (χ3v) is 11.3. The summed E-state index contributed by atoms with van der Waals surface area (Å²) in [5, 5.41) is 20.8. The van der Waals surface area contributed by atoms with E-state index in [1.165, 1.54) is 9.80 Å². The number of halogens is 1. The number of phenols is 2. The number of amides is 4. The van der Waals surface area contributed by atoms with Crippen molar-refractivity contribution in [1.82, 2.24) is 4.90 Å². The first-order chi connectivity index (χ1) is 23.7. The quantitative estimate of drug-likeness (QED) is 0.187. The highest BCUT2D eigenvalue weighted by atomic mass is 35.5. The van der Waals surface area contributed by atoms with Gasteiger partial charge >= 0.3 is 0 Å². The lowest BCUT2D eigenvalue weighted by molar-refractivity contribution is -0.140. The van der Waals surface area contributed by atoms with Crippen molar-refractivity contribution in [2.45, 2.75) is 30.6 Å². The van der Waals surface area contributed by atoms with Crippen molar-refractivity contribution in [3.05, 3.63) is 136 Å². The number of nitrogens with zero attached hydrogens (tertiary/aromatic N) is 2. The molecule has 4 aromatic rings. The average Bonchev–Trinajstić information content (AvgIpc) is 3.48. The molecule has 0 bridgehead atoms. The third kappa shape index (κ3) is 4.72. The topological polar surface area (TPSA) is 115 Å². The molecule has 2 heterocycles. The normalized spacial score (nSPS) is 27.5. The standard InChI is InChI=1S/C40H33ClN2O6/c41-26-9-5-10-27(21-26)43-37(47)33-22-32-30(16-17-31-34(32)38(48)42(36(31)46)19-18-23-12-14-28(44)15-13-23)35(24-6-4-11-29(45)20-24)40(33,39(43)49)25-7-2-1-3-8-25/h1-16,20-21,31-35,44-45H,17-19,22H2/t31-,32+,33-,34-,35-,40+/m0/s1. The van der Waals surface area contributed by atoms with Gasteiger partial charge in [0.05, 0.1) is 28.9 Å². The summed E-state index contributed by atoms with van der Waals surface area (Å²) in [7, 11) is 0. The number of anilines is 1. The highest BCUT2D eigenvalue weighted by molar-refractivity contribution is 6.32. The van der Waals surface area contributed by atoms with Crippen molar-refractivity contribution < 1.29 is 29.4 Å². The number of imide groups is 2. The summed E-state index contributed by atoms with van der Waals surface area (Å²) in [5.41, 5.74) is 2.01. The van der Waals surface area contributed by atoms with Crippen LogP contribution in [0.4, 0.5) is 5.69 Å². The summed E-state index contributed by atoms with van der Waals surface area (Å²) in [6.45, 7) is 0.199. The summed E-state index contributed by atoms with van der Waals surface area (Å²) < 4.78 is 0. The molecule has 0 aromatic heterocycles. The molecule has 2 saturated heterocycles. The van der Waals surface area contributed by atoms with Crippen LogP contribution >= 0.6 is 11.6 Å². The van der Waals surface area contributed by atoms with Gasteiger partial charge in [-0.1, -0.05) is 83.9 Å². The molecule has 4 aliphatic rings. The number of allylic oxidation sites excluding steroid dienone is 2. The SMILES string of the molecule is O=C1[C@H]2[C@H](CC=C3[C@H]2C[C@H]2C(=O)N(c4cccc(Cl)c4)C(=O)[C@@]2(c2ccccc2)[C@H]3c2cccc(O)c2)C(=O)N1CCc1ccc(O)cc1. The Morgan fingerprint density at radius 2 is 1.51 bits per heavy atom. The van der Waals surface area contributed by atoms with Crippen molar-refractivity contribution in [3.8, 4) is 11.5 Å². The Morgan fingerprint density at radius 3 is 2.24 bits per heavy atom. The van der Waals surface area contributed by atoms with Gasteiger partial charge < -0.3 is 10.2 Å². The summed E-state index contributed by atoms with van der Waals surface area (Å²) in [6.07, 6.45) is 2.97. The van der Waals surface area contributed by atoms with Gasteiger partial charge in [0, 0.05) is 17.5 Å². The fraction of sp³-hybridized carbons (Fsp3) is 0.250. The van der Waals surface area contributed by atoms with E-state index in [2.05, 4.69) is 0 Å². The Hall–Kier alpha value is -5.21. The van der Waals surface area contributed by atoms with Crippen molar-refractivity contribution in [2.24, 2.45) is 23.7 Å². The lowest BCUT2D eigenvalue weighted by atomic mass is 9.49. The molecule has 0 spiro atoms. The van der Waals surface area contributed by atoms with Crippen LogP contribution in [0.2, 0.25) is 5.02 Å². The second kappa shape index (κ2) is 11.7. The Bertz CT molecular complexity index is 2050. The van der Waals surface area contributed by atoms with E-state index in [0.717, 1.165) is 11.1 Å². The summed E-state index contributed by atoms with van der Waals surface area (Å²) in [6, 6.07) is 29.4. The number of benzene rings is 4. The lowest BCUT2D eigenvalue weighted by Crippen LogP contribution is -2.53. The molecule has 3 fully saturated rings. The maximum Gasteiger partial charge on any atom is 0.246 e. The van der Waals surface area contributed by atoms with Crippen molar-refractivity contribution in [2.75, 3.05) is 11.4 Å². The predicted molar refractivity (Wildman–Crippen MR) is 183 cm³/mol. The minimum atomic E-state index is -1.39. The van der Waals surface area contributed by atoms with Crippen LogP contribution in [0, 0.1) is 23.7 Å². The molecule has 6 atom stereocenters. The molecule has 2 N–H and O–H groups in total. The van der Waals surface area contributed by atoms with Gasteiger partial charge in [-0.25, -0.2) is 4.90 Å². The van der Waals surface area contributed by atoms with Gasteiger partial charge in [-0.15, -0.1) is 0 Å². The van der Waals surface area contributed by atoms with Crippen LogP contribution in [-0.2, 0) is 31.0 Å². The number of fused-ring (bicyclic) bond motifs is 4. The summed E-state index contributed by atoms with van der Waals surface area (Å²) in [5.74, 6) is -4.45. The zero-order valence-electron chi connectivity index (χ0n) is 26.4. The number of likely N-dealkylation sites (tertiary alicyclic amines) is 1. The second-order valence-electron chi connectivity index (χ2n) is 13.4. The van der Waals surface area contributed by atoms with Crippen LogP contribution in [0.1, 0.15) is 35.4 Å². The molecule has 8 nitrogen and oxygen atoms in total. The van der Waals surface area contributed by atoms with E-state index in [0.29, 0.717) is 34.7 Å². The van der Waals surface area contributed by atoms with Crippen molar-refractivity contribution in [1.29, 1.82) is 0 Å². The number of hydrogen-bond donors (Lipinski definition) is 2. The molecule has 49 heavy (non-hydrogen) atoms. The van der Waals surface area contributed by atoms with Gasteiger partial charge in [0.15, 0.2) is 0 Å². The van der Waals surface area contributed by atoms with E-state index in [4.69, 9.17) is 11.6 Å². The van der Waals surface area contributed by atoms with Crippen LogP contribution in [0.25, 0.3) is 0 Å². The zero-order chi connectivity index (χ0) is 34.0. The minimum absolute atomic E-state index is 0.0182. The first-order valence-electron chi connectivity index (χ1n) is 16.5. The van der Waals surface area contributed by atoms with Crippen LogP contribution in [0.15, 0.2) is 115 Å². The van der Waals surface area contributed by atoms with Crippen molar-refractivity contribution >= 4 is 40.9 Å². The first-order valence-corrected chi connectivity index (χ1v) is 16.9. The zero-order valence-corrected chi connectivity index (χ0v) is 27.2. The van der Waals surface area contributed by atoms with E-state index >= 15 is 4.79 Å². The summed E-state index contributed by atoms with van der Waals surface area (Å²) in [4.78, 5) is 60.7. The third-order valence-electron chi connectivity index (χ3n) is 11.0. The first kappa shape index (κ1) is 31.1. The van der Waals surface area contributed by atoms with E-state index in [-0.39, 0.29) is 42.2 Å². The van der Waals surface area contributed by atoms with E-state index < -0.39 is 40.9 Å². The van der Waals surface area contributed by atoms with E-state index in [9.17, 15) is 24.6 Å². The van der Waals surface area contributed by atoms with Gasteiger partial charge in [0.2, 0.25) is 23.6 Å². The molecule has 0 unspecified atom stereocenters. The van der Waals surface area contributed by atoms with Crippen LogP contribution in [0.5, 0.6) is 11.5 Å². The monoisotopic (exact) mass is 672 g/mol. The Kier molecular flexibility index (Phi) is 7.45. The van der Waals surface area contributed by atoms with Crippen LogP contribution in [-0.4, -0.2) is 45.3 Å². The van der Waals surface area contributed by atoms with Gasteiger partial charge in [-0.2, -0.15) is 0 Å². The average molecular weight is 673 g/mol. The Labute approximate surface area is 288 Å². The number of carbonyl (C=O) groups is 4. The highest BCUT2D eigenvalue weighted by Gasteiger charge is 2.70. The largest absolute Gasteiger partial charge is 0.508 e. The molecule has 0 radical (unpaired) electrons. The minimum Gasteiger partial charge on any atom is -0.508 e. The highest BCUT2D eigenvalue weighted by Crippen LogP contribution is 2.64.